The highest BCUT2D eigenvalue weighted by atomic mass is 79.9. The Morgan fingerprint density at radius 3 is 2.53 bits per heavy atom. The molecule has 19 heavy (non-hydrogen) atoms. The fraction of sp³-hybridized carbons (Fsp3) is 0.571. The van der Waals surface area contributed by atoms with Crippen molar-refractivity contribution in [1.82, 2.24) is 0 Å². The van der Waals surface area contributed by atoms with Crippen LogP contribution in [0.25, 0.3) is 0 Å². The molecule has 0 bridgehead atoms. The molecule has 108 valence electrons. The van der Waals surface area contributed by atoms with Gasteiger partial charge in [0.2, 0.25) is 0 Å². The van der Waals surface area contributed by atoms with Gasteiger partial charge < -0.3 is 20.3 Å². The molecule has 0 saturated heterocycles. The van der Waals surface area contributed by atoms with Crippen molar-refractivity contribution in [2.75, 3.05) is 13.2 Å². The van der Waals surface area contributed by atoms with E-state index in [1.807, 2.05) is 26.0 Å². The third kappa shape index (κ3) is 4.67. The van der Waals surface area contributed by atoms with Gasteiger partial charge in [-0.15, -0.1) is 0 Å². The van der Waals surface area contributed by atoms with Crippen molar-refractivity contribution in [3.05, 3.63) is 22.2 Å². The van der Waals surface area contributed by atoms with Gasteiger partial charge in [-0.3, -0.25) is 0 Å². The first-order chi connectivity index (χ1) is 8.93. The summed E-state index contributed by atoms with van der Waals surface area (Å²) in [5.41, 5.74) is 5.75. The quantitative estimate of drug-likeness (QED) is 0.806. The number of rotatable bonds is 7. The second-order valence-corrected chi connectivity index (χ2v) is 5.54. The minimum Gasteiger partial charge on any atom is -0.490 e. The Morgan fingerprint density at radius 2 is 2.00 bits per heavy atom. The van der Waals surface area contributed by atoms with Gasteiger partial charge in [-0.1, -0.05) is 6.92 Å². The molecular formula is C14H22BrNO3. The Labute approximate surface area is 123 Å². The SMILES string of the molecule is CCOc1cc(CN)cc(Br)c1OCC(C)(O)CC. The molecule has 1 rings (SSSR count). The lowest BCUT2D eigenvalue weighted by Gasteiger charge is -2.23. The summed E-state index contributed by atoms with van der Waals surface area (Å²) >= 11 is 3.46. The fourth-order valence-corrected chi connectivity index (χ4v) is 2.08. The lowest BCUT2D eigenvalue weighted by atomic mass is 10.1. The maximum absolute atomic E-state index is 10.00. The van der Waals surface area contributed by atoms with E-state index in [2.05, 4.69) is 15.9 Å². The van der Waals surface area contributed by atoms with Crippen molar-refractivity contribution >= 4 is 15.9 Å². The summed E-state index contributed by atoms with van der Waals surface area (Å²) in [6.07, 6.45) is 0.621. The molecule has 1 atom stereocenters. The van der Waals surface area contributed by atoms with Gasteiger partial charge in [0.1, 0.15) is 6.61 Å². The maximum atomic E-state index is 10.00. The van der Waals surface area contributed by atoms with Crippen molar-refractivity contribution in [3.8, 4) is 11.5 Å². The number of hydrogen-bond acceptors (Lipinski definition) is 4. The predicted molar refractivity (Wildman–Crippen MR) is 79.6 cm³/mol. The van der Waals surface area contributed by atoms with Gasteiger partial charge in [-0.05, 0) is 53.9 Å². The molecule has 1 aromatic rings. The summed E-state index contributed by atoms with van der Waals surface area (Å²) < 4.78 is 12.1. The number of hydrogen-bond donors (Lipinski definition) is 2. The Balaban J connectivity index is 2.97. The van der Waals surface area contributed by atoms with Gasteiger partial charge in [-0.25, -0.2) is 0 Å². The van der Waals surface area contributed by atoms with Crippen LogP contribution in [0.2, 0.25) is 0 Å². The topological polar surface area (TPSA) is 64.7 Å². The highest BCUT2D eigenvalue weighted by Crippen LogP contribution is 2.37. The lowest BCUT2D eigenvalue weighted by molar-refractivity contribution is 0.00736. The van der Waals surface area contributed by atoms with Crippen LogP contribution in [0.3, 0.4) is 0 Å². The number of halogens is 1. The van der Waals surface area contributed by atoms with Crippen LogP contribution < -0.4 is 15.2 Å². The molecule has 0 fully saturated rings. The van der Waals surface area contributed by atoms with E-state index in [0.29, 0.717) is 31.1 Å². The molecule has 1 unspecified atom stereocenters. The van der Waals surface area contributed by atoms with Gasteiger partial charge in [0.25, 0.3) is 0 Å². The highest BCUT2D eigenvalue weighted by molar-refractivity contribution is 9.10. The molecule has 4 nitrogen and oxygen atoms in total. The molecule has 0 aliphatic rings. The van der Waals surface area contributed by atoms with Crippen molar-refractivity contribution in [3.63, 3.8) is 0 Å². The predicted octanol–water partition coefficient (Wildman–Crippen LogP) is 2.85. The zero-order chi connectivity index (χ0) is 14.5. The van der Waals surface area contributed by atoms with Gasteiger partial charge in [0.05, 0.1) is 16.7 Å². The van der Waals surface area contributed by atoms with E-state index in [9.17, 15) is 5.11 Å². The first-order valence-corrected chi connectivity index (χ1v) is 7.23. The second-order valence-electron chi connectivity index (χ2n) is 4.68. The van der Waals surface area contributed by atoms with Crippen LogP contribution in [-0.4, -0.2) is 23.9 Å². The average molecular weight is 332 g/mol. The minimum absolute atomic E-state index is 0.212. The monoisotopic (exact) mass is 331 g/mol. The lowest BCUT2D eigenvalue weighted by Crippen LogP contribution is -2.31. The Hall–Kier alpha value is -0.780. The molecule has 0 saturated carbocycles. The van der Waals surface area contributed by atoms with Crippen LogP contribution in [0, 0.1) is 0 Å². The summed E-state index contributed by atoms with van der Waals surface area (Å²) in [6.45, 7) is 6.76. The smallest absolute Gasteiger partial charge is 0.175 e. The minimum atomic E-state index is -0.852. The number of benzene rings is 1. The standard InChI is InChI=1S/C14H22BrNO3/c1-4-14(3,17)9-19-13-11(15)6-10(8-16)7-12(13)18-5-2/h6-7,17H,4-5,8-9,16H2,1-3H3. The van der Waals surface area contributed by atoms with Crippen molar-refractivity contribution < 1.29 is 14.6 Å². The summed E-state index contributed by atoms with van der Waals surface area (Å²) in [5.74, 6) is 1.25. The van der Waals surface area contributed by atoms with E-state index < -0.39 is 5.60 Å². The number of ether oxygens (including phenoxy) is 2. The first-order valence-electron chi connectivity index (χ1n) is 6.44. The molecule has 1 aromatic carbocycles. The number of aliphatic hydroxyl groups is 1. The van der Waals surface area contributed by atoms with Gasteiger partial charge in [0.15, 0.2) is 11.5 Å². The van der Waals surface area contributed by atoms with E-state index in [4.69, 9.17) is 15.2 Å². The Bertz CT molecular complexity index is 421. The highest BCUT2D eigenvalue weighted by Gasteiger charge is 2.21. The van der Waals surface area contributed by atoms with Crippen molar-refractivity contribution in [2.24, 2.45) is 5.73 Å². The molecule has 0 radical (unpaired) electrons. The summed E-state index contributed by atoms with van der Waals surface area (Å²) in [7, 11) is 0. The second kappa shape index (κ2) is 7.12. The molecule has 0 spiro atoms. The Morgan fingerprint density at radius 1 is 1.32 bits per heavy atom. The third-order valence-electron chi connectivity index (χ3n) is 2.89. The van der Waals surface area contributed by atoms with E-state index >= 15 is 0 Å². The maximum Gasteiger partial charge on any atom is 0.175 e. The molecule has 0 aliphatic carbocycles. The Kier molecular flexibility index (Phi) is 6.10. The van der Waals surface area contributed by atoms with Gasteiger partial charge >= 0.3 is 0 Å². The fourth-order valence-electron chi connectivity index (χ4n) is 1.47. The molecular weight excluding hydrogens is 310 g/mol. The van der Waals surface area contributed by atoms with Gasteiger partial charge in [0, 0.05) is 6.54 Å². The summed E-state index contributed by atoms with van der Waals surface area (Å²) in [6, 6.07) is 3.77. The van der Waals surface area contributed by atoms with Crippen molar-refractivity contribution in [2.45, 2.75) is 39.3 Å². The van der Waals surface area contributed by atoms with Gasteiger partial charge in [-0.2, -0.15) is 0 Å². The zero-order valence-corrected chi connectivity index (χ0v) is 13.3. The molecule has 5 heteroatoms. The average Bonchev–Trinajstić information content (AvgIpc) is 2.37. The van der Waals surface area contributed by atoms with Crippen LogP contribution in [-0.2, 0) is 6.54 Å². The molecule has 0 heterocycles. The van der Waals surface area contributed by atoms with E-state index in [1.54, 1.807) is 6.92 Å². The van der Waals surface area contributed by atoms with Crippen LogP contribution in [0.1, 0.15) is 32.8 Å². The van der Waals surface area contributed by atoms with Crippen LogP contribution in [0.5, 0.6) is 11.5 Å². The van der Waals surface area contributed by atoms with E-state index in [1.165, 1.54) is 0 Å². The summed E-state index contributed by atoms with van der Waals surface area (Å²) in [4.78, 5) is 0. The van der Waals surface area contributed by atoms with E-state index in [-0.39, 0.29) is 6.61 Å². The summed E-state index contributed by atoms with van der Waals surface area (Å²) in [5, 5.41) is 10.00. The third-order valence-corrected chi connectivity index (χ3v) is 3.48. The normalized spacial score (nSPS) is 14.0. The van der Waals surface area contributed by atoms with Crippen molar-refractivity contribution in [1.29, 1.82) is 0 Å². The first kappa shape index (κ1) is 16.3. The zero-order valence-electron chi connectivity index (χ0n) is 11.7. The van der Waals surface area contributed by atoms with Crippen LogP contribution in [0.4, 0.5) is 0 Å². The van der Waals surface area contributed by atoms with E-state index in [0.717, 1.165) is 10.0 Å². The molecule has 0 aromatic heterocycles. The number of nitrogens with two attached hydrogens (primary N) is 1. The largest absolute Gasteiger partial charge is 0.490 e. The van der Waals surface area contributed by atoms with Crippen LogP contribution in [0.15, 0.2) is 16.6 Å². The van der Waals surface area contributed by atoms with Crippen LogP contribution >= 0.6 is 15.9 Å². The molecule has 3 N–H and O–H groups in total. The molecule has 0 amide bonds. The molecule has 0 aliphatic heterocycles.